The molecule has 0 saturated carbocycles. The summed E-state index contributed by atoms with van der Waals surface area (Å²) in [5.41, 5.74) is 4.89. The van der Waals surface area contributed by atoms with Crippen LogP contribution in [0.4, 0.5) is 0 Å². The minimum absolute atomic E-state index is 0.188. The van der Waals surface area contributed by atoms with Crippen molar-refractivity contribution in [2.45, 2.75) is 20.3 Å². The highest BCUT2D eigenvalue weighted by Gasteiger charge is 2.13. The molecule has 0 radical (unpaired) electrons. The van der Waals surface area contributed by atoms with E-state index < -0.39 is 0 Å². The first-order chi connectivity index (χ1) is 11.1. The standard InChI is InChI=1S/C16H17N3O3S/c1-10(12-3-4-14-15(7-12)22-6-5-21-14)18-19-16(20)8-13-9-23-11(2)17-13/h3-4,7,9H,5-6,8H2,1-2H3,(H,19,20). The van der Waals surface area contributed by atoms with Gasteiger partial charge in [-0.1, -0.05) is 0 Å². The molecule has 6 nitrogen and oxygen atoms in total. The molecule has 0 spiro atoms. The predicted molar refractivity (Wildman–Crippen MR) is 88.3 cm³/mol. The van der Waals surface area contributed by atoms with Crippen LogP contribution in [0.2, 0.25) is 0 Å². The number of aromatic nitrogens is 1. The smallest absolute Gasteiger partial charge is 0.246 e. The first-order valence-electron chi connectivity index (χ1n) is 7.26. The lowest BCUT2D eigenvalue weighted by Crippen LogP contribution is -2.21. The summed E-state index contributed by atoms with van der Waals surface area (Å²) in [6.07, 6.45) is 0.224. The van der Waals surface area contributed by atoms with Crippen molar-refractivity contribution in [1.29, 1.82) is 0 Å². The van der Waals surface area contributed by atoms with Crippen LogP contribution in [-0.2, 0) is 11.2 Å². The molecule has 120 valence electrons. The van der Waals surface area contributed by atoms with Crippen molar-refractivity contribution in [3.05, 3.63) is 39.8 Å². The fourth-order valence-electron chi connectivity index (χ4n) is 2.17. The van der Waals surface area contributed by atoms with E-state index in [9.17, 15) is 4.79 Å². The molecule has 1 aromatic carbocycles. The molecule has 0 fully saturated rings. The summed E-state index contributed by atoms with van der Waals surface area (Å²) in [5.74, 6) is 1.25. The van der Waals surface area contributed by atoms with Crippen molar-refractivity contribution in [1.82, 2.24) is 10.4 Å². The molecule has 7 heteroatoms. The van der Waals surface area contributed by atoms with Gasteiger partial charge in [0.1, 0.15) is 13.2 Å². The highest BCUT2D eigenvalue weighted by molar-refractivity contribution is 7.09. The third kappa shape index (κ3) is 3.87. The quantitative estimate of drug-likeness (QED) is 0.689. The number of benzene rings is 1. The summed E-state index contributed by atoms with van der Waals surface area (Å²) in [4.78, 5) is 16.2. The summed E-state index contributed by atoms with van der Waals surface area (Å²) >= 11 is 1.53. The molecule has 1 N–H and O–H groups in total. The number of thiazole rings is 1. The number of hydrazone groups is 1. The van der Waals surface area contributed by atoms with Crippen molar-refractivity contribution in [3.63, 3.8) is 0 Å². The Bertz CT molecular complexity index is 755. The number of hydrogen-bond acceptors (Lipinski definition) is 6. The number of carbonyl (C=O) groups is 1. The van der Waals surface area contributed by atoms with Gasteiger partial charge in [0, 0.05) is 10.9 Å². The average molecular weight is 331 g/mol. The third-order valence-electron chi connectivity index (χ3n) is 3.32. The van der Waals surface area contributed by atoms with E-state index in [1.165, 1.54) is 11.3 Å². The van der Waals surface area contributed by atoms with Gasteiger partial charge in [-0.3, -0.25) is 4.79 Å². The fraction of sp³-hybridized carbons (Fsp3) is 0.312. The van der Waals surface area contributed by atoms with Gasteiger partial charge in [0.25, 0.3) is 0 Å². The van der Waals surface area contributed by atoms with Crippen molar-refractivity contribution >= 4 is 23.0 Å². The molecule has 0 unspecified atom stereocenters. The van der Waals surface area contributed by atoms with E-state index in [4.69, 9.17) is 9.47 Å². The zero-order chi connectivity index (χ0) is 16.2. The topological polar surface area (TPSA) is 72.8 Å². The number of fused-ring (bicyclic) bond motifs is 1. The van der Waals surface area contributed by atoms with Gasteiger partial charge in [0.15, 0.2) is 11.5 Å². The number of rotatable bonds is 4. The summed E-state index contributed by atoms with van der Waals surface area (Å²) in [5, 5.41) is 6.97. The molecule has 1 aliphatic heterocycles. The SMILES string of the molecule is CC(=NNC(=O)Cc1csc(C)n1)c1ccc2c(c1)OCCO2. The molecule has 2 heterocycles. The minimum Gasteiger partial charge on any atom is -0.486 e. The van der Waals surface area contributed by atoms with Gasteiger partial charge >= 0.3 is 0 Å². The molecule has 0 aliphatic carbocycles. The van der Waals surface area contributed by atoms with Crippen LogP contribution < -0.4 is 14.9 Å². The number of aryl methyl sites for hydroxylation is 1. The Balaban J connectivity index is 1.64. The fourth-order valence-corrected chi connectivity index (χ4v) is 2.79. The summed E-state index contributed by atoms with van der Waals surface area (Å²) in [6.45, 7) is 4.84. The largest absolute Gasteiger partial charge is 0.486 e. The maximum Gasteiger partial charge on any atom is 0.246 e. The summed E-state index contributed by atoms with van der Waals surface area (Å²) < 4.78 is 11.0. The van der Waals surface area contributed by atoms with Crippen LogP contribution >= 0.6 is 11.3 Å². The van der Waals surface area contributed by atoms with Gasteiger partial charge in [0.2, 0.25) is 5.91 Å². The molecule has 3 rings (SSSR count). The first-order valence-corrected chi connectivity index (χ1v) is 8.14. The van der Waals surface area contributed by atoms with Crippen LogP contribution in [0, 0.1) is 6.92 Å². The minimum atomic E-state index is -0.188. The number of amides is 1. The number of nitrogens with zero attached hydrogens (tertiary/aromatic N) is 2. The second-order valence-corrected chi connectivity index (χ2v) is 6.19. The highest BCUT2D eigenvalue weighted by Crippen LogP contribution is 2.30. The van der Waals surface area contributed by atoms with Crippen molar-refractivity contribution in [2.24, 2.45) is 5.10 Å². The Labute approximate surface area is 138 Å². The van der Waals surface area contributed by atoms with E-state index in [-0.39, 0.29) is 12.3 Å². The molecule has 23 heavy (non-hydrogen) atoms. The normalized spacial score (nSPS) is 13.7. The van der Waals surface area contributed by atoms with Crippen molar-refractivity contribution in [2.75, 3.05) is 13.2 Å². The zero-order valence-electron chi connectivity index (χ0n) is 13.0. The molecule has 0 bridgehead atoms. The second kappa shape index (κ2) is 6.78. The van der Waals surface area contributed by atoms with Crippen LogP contribution in [0.5, 0.6) is 11.5 Å². The Kier molecular flexibility index (Phi) is 4.57. The molecule has 0 atom stereocenters. The molecular formula is C16H17N3O3S. The van der Waals surface area contributed by atoms with E-state index in [0.29, 0.717) is 24.7 Å². The molecule has 1 aromatic heterocycles. The lowest BCUT2D eigenvalue weighted by Gasteiger charge is -2.18. The van der Waals surface area contributed by atoms with Crippen LogP contribution in [0.3, 0.4) is 0 Å². The van der Waals surface area contributed by atoms with Gasteiger partial charge in [-0.25, -0.2) is 10.4 Å². The van der Waals surface area contributed by atoms with Gasteiger partial charge in [0.05, 0.1) is 22.8 Å². The van der Waals surface area contributed by atoms with E-state index in [2.05, 4.69) is 15.5 Å². The zero-order valence-corrected chi connectivity index (χ0v) is 13.8. The predicted octanol–water partition coefficient (Wildman–Crippen LogP) is 2.31. The van der Waals surface area contributed by atoms with E-state index in [0.717, 1.165) is 22.0 Å². The van der Waals surface area contributed by atoms with Gasteiger partial charge < -0.3 is 9.47 Å². The van der Waals surface area contributed by atoms with Crippen LogP contribution in [0.25, 0.3) is 0 Å². The Hall–Kier alpha value is -2.41. The molecule has 1 amide bonds. The Morgan fingerprint density at radius 2 is 2.13 bits per heavy atom. The second-order valence-electron chi connectivity index (χ2n) is 5.13. The van der Waals surface area contributed by atoms with Gasteiger partial charge in [-0.05, 0) is 32.0 Å². The third-order valence-corrected chi connectivity index (χ3v) is 4.14. The summed E-state index contributed by atoms with van der Waals surface area (Å²) in [7, 11) is 0. The average Bonchev–Trinajstić information content (AvgIpc) is 2.97. The molecule has 0 saturated heterocycles. The van der Waals surface area contributed by atoms with Crippen LogP contribution in [0.15, 0.2) is 28.7 Å². The first kappa shape index (κ1) is 15.5. The van der Waals surface area contributed by atoms with Gasteiger partial charge in [-0.15, -0.1) is 11.3 Å². The number of ether oxygens (including phenoxy) is 2. The highest BCUT2D eigenvalue weighted by atomic mass is 32.1. The van der Waals surface area contributed by atoms with E-state index >= 15 is 0 Å². The lowest BCUT2D eigenvalue weighted by molar-refractivity contribution is -0.120. The molecule has 1 aliphatic rings. The van der Waals surface area contributed by atoms with Crippen LogP contribution in [0.1, 0.15) is 23.2 Å². The number of carbonyl (C=O) groups excluding carboxylic acids is 1. The summed E-state index contributed by atoms with van der Waals surface area (Å²) in [6, 6.07) is 5.61. The monoisotopic (exact) mass is 331 g/mol. The van der Waals surface area contributed by atoms with E-state index in [1.54, 1.807) is 0 Å². The van der Waals surface area contributed by atoms with Gasteiger partial charge in [-0.2, -0.15) is 5.10 Å². The molecule has 2 aromatic rings. The Morgan fingerprint density at radius 1 is 1.35 bits per heavy atom. The number of hydrogen-bond donors (Lipinski definition) is 1. The lowest BCUT2D eigenvalue weighted by atomic mass is 10.1. The van der Waals surface area contributed by atoms with Crippen LogP contribution in [-0.4, -0.2) is 29.8 Å². The molecular weight excluding hydrogens is 314 g/mol. The van der Waals surface area contributed by atoms with Crippen molar-refractivity contribution < 1.29 is 14.3 Å². The Morgan fingerprint density at radius 3 is 2.87 bits per heavy atom. The maximum atomic E-state index is 11.9. The van der Waals surface area contributed by atoms with E-state index in [1.807, 2.05) is 37.4 Å². The maximum absolute atomic E-state index is 11.9. The number of nitrogens with one attached hydrogen (secondary N) is 1. The van der Waals surface area contributed by atoms with Crippen molar-refractivity contribution in [3.8, 4) is 11.5 Å².